The summed E-state index contributed by atoms with van der Waals surface area (Å²) in [5, 5.41) is 19.2. The molecule has 10 nitrogen and oxygen atoms in total. The lowest BCUT2D eigenvalue weighted by molar-refractivity contribution is -0.384. The van der Waals surface area contributed by atoms with Crippen molar-refractivity contribution in [3.05, 3.63) is 76.5 Å². The second kappa shape index (κ2) is 8.56. The van der Waals surface area contributed by atoms with Gasteiger partial charge in [0, 0.05) is 17.7 Å². The van der Waals surface area contributed by atoms with E-state index in [-0.39, 0.29) is 23.6 Å². The van der Waals surface area contributed by atoms with E-state index in [0.717, 1.165) is 11.3 Å². The first kappa shape index (κ1) is 22.1. The summed E-state index contributed by atoms with van der Waals surface area (Å²) >= 11 is 1.57. The summed E-state index contributed by atoms with van der Waals surface area (Å²) in [6, 6.07) is 14.7. The van der Waals surface area contributed by atoms with Crippen molar-refractivity contribution in [1.82, 2.24) is 19.9 Å². The van der Waals surface area contributed by atoms with Gasteiger partial charge in [0.25, 0.3) is 5.69 Å². The summed E-state index contributed by atoms with van der Waals surface area (Å²) in [6.07, 6.45) is 2.22. The highest BCUT2D eigenvalue weighted by Crippen LogP contribution is 2.52. The molecule has 2 fully saturated rings. The lowest BCUT2D eigenvalue weighted by atomic mass is 9.96. The zero-order chi connectivity index (χ0) is 23.9. The molecule has 0 aliphatic carbocycles. The quantitative estimate of drug-likeness (QED) is 0.219. The van der Waals surface area contributed by atoms with Crippen molar-refractivity contribution < 1.29 is 19.2 Å². The van der Waals surface area contributed by atoms with Gasteiger partial charge < -0.3 is 9.64 Å². The number of benzene rings is 2. The summed E-state index contributed by atoms with van der Waals surface area (Å²) in [5.41, 5.74) is 2.26. The molecule has 0 N–H and O–H groups in total. The minimum Gasteiger partial charge on any atom is -0.459 e. The van der Waals surface area contributed by atoms with Crippen LogP contribution < -0.4 is 0 Å². The molecule has 5 rings (SSSR count). The lowest BCUT2D eigenvalue weighted by Gasteiger charge is -2.37. The average Bonchev–Trinajstić information content (AvgIpc) is 3.38. The number of hydrogen-bond donors (Lipinski definition) is 0. The van der Waals surface area contributed by atoms with Crippen molar-refractivity contribution in [3.8, 4) is 11.3 Å². The van der Waals surface area contributed by atoms with E-state index < -0.39 is 21.7 Å². The van der Waals surface area contributed by atoms with Crippen LogP contribution in [0.2, 0.25) is 0 Å². The Bertz CT molecular complexity index is 1250. The minimum absolute atomic E-state index is 0.0356. The molecular weight excluding hydrogens is 458 g/mol. The Morgan fingerprint density at radius 1 is 1.24 bits per heavy atom. The third-order valence-electron chi connectivity index (χ3n) is 6.04. The molecule has 0 spiro atoms. The molecule has 3 atom stereocenters. The first-order valence-electron chi connectivity index (χ1n) is 10.7. The van der Waals surface area contributed by atoms with Crippen LogP contribution in [0.1, 0.15) is 18.9 Å². The molecule has 3 aromatic rings. The number of amides is 1. The number of carbonyl (C=O) groups excluding carboxylic acids is 2. The summed E-state index contributed by atoms with van der Waals surface area (Å²) in [4.78, 5) is 37.5. The number of hydrogen-bond acceptors (Lipinski definition) is 8. The summed E-state index contributed by atoms with van der Waals surface area (Å²) in [6.45, 7) is 2.27. The molecule has 174 valence electrons. The van der Waals surface area contributed by atoms with Gasteiger partial charge in [-0.25, -0.2) is 4.79 Å². The van der Waals surface area contributed by atoms with Crippen LogP contribution in [0.15, 0.2) is 60.8 Å². The number of nitro benzene ring substituents is 1. The fraction of sp³-hybridized carbons (Fsp3) is 0.304. The van der Waals surface area contributed by atoms with E-state index in [0.29, 0.717) is 18.5 Å². The van der Waals surface area contributed by atoms with Gasteiger partial charge in [0.1, 0.15) is 18.3 Å². The number of rotatable bonds is 7. The fourth-order valence-electron chi connectivity index (χ4n) is 4.35. The topological polar surface area (TPSA) is 120 Å². The van der Waals surface area contributed by atoms with Gasteiger partial charge in [0.15, 0.2) is 0 Å². The van der Waals surface area contributed by atoms with Gasteiger partial charge in [-0.15, -0.1) is 16.9 Å². The largest absolute Gasteiger partial charge is 0.459 e. The number of thioether (sulfide) groups is 1. The first-order valence-corrected chi connectivity index (χ1v) is 11.6. The number of β-lactam (4-membered cyclic amide) rings is 1. The van der Waals surface area contributed by atoms with Gasteiger partial charge in [-0.2, -0.15) is 0 Å². The monoisotopic (exact) mass is 479 g/mol. The van der Waals surface area contributed by atoms with Crippen molar-refractivity contribution in [3.63, 3.8) is 0 Å². The van der Waals surface area contributed by atoms with Crippen LogP contribution in [0.3, 0.4) is 0 Å². The average molecular weight is 480 g/mol. The fourth-order valence-corrected chi connectivity index (χ4v) is 6.10. The number of fused-ring (bicyclic) bond motifs is 1. The maximum atomic E-state index is 13.2. The maximum absolute atomic E-state index is 13.2. The van der Waals surface area contributed by atoms with E-state index in [9.17, 15) is 19.7 Å². The van der Waals surface area contributed by atoms with E-state index in [1.165, 1.54) is 12.1 Å². The van der Waals surface area contributed by atoms with Crippen molar-refractivity contribution in [2.45, 2.75) is 42.7 Å². The molecule has 34 heavy (non-hydrogen) atoms. The SMILES string of the molecule is C[C@@]1(Cn2cc(-c3ccccc3)nn2)S[C@@H]2CC(=O)N2[C@H]1C(=O)OCc1ccc([N+](=O)[O-])cc1. The Kier molecular flexibility index (Phi) is 5.56. The number of esters is 1. The molecule has 0 saturated carbocycles. The number of aromatic nitrogens is 3. The highest BCUT2D eigenvalue weighted by atomic mass is 32.2. The highest BCUT2D eigenvalue weighted by Gasteiger charge is 2.61. The summed E-state index contributed by atoms with van der Waals surface area (Å²) in [7, 11) is 0. The zero-order valence-corrected chi connectivity index (χ0v) is 19.1. The van der Waals surface area contributed by atoms with Crippen LogP contribution in [0, 0.1) is 10.1 Å². The van der Waals surface area contributed by atoms with E-state index in [4.69, 9.17) is 4.74 Å². The number of carbonyl (C=O) groups is 2. The van der Waals surface area contributed by atoms with Gasteiger partial charge in [0.2, 0.25) is 5.91 Å². The molecule has 2 aliphatic heterocycles. The predicted molar refractivity (Wildman–Crippen MR) is 123 cm³/mol. The normalized spacial score (nSPS) is 23.3. The minimum atomic E-state index is -0.772. The Morgan fingerprint density at radius 3 is 2.65 bits per heavy atom. The van der Waals surface area contributed by atoms with Gasteiger partial charge in [-0.1, -0.05) is 35.5 Å². The summed E-state index contributed by atoms with van der Waals surface area (Å²) in [5.74, 6) is -0.589. The Morgan fingerprint density at radius 2 is 1.97 bits per heavy atom. The van der Waals surface area contributed by atoms with Gasteiger partial charge >= 0.3 is 5.97 Å². The van der Waals surface area contributed by atoms with Crippen LogP contribution in [-0.4, -0.2) is 52.9 Å². The molecule has 1 amide bonds. The maximum Gasteiger partial charge on any atom is 0.330 e. The number of non-ortho nitro benzene ring substituents is 1. The lowest BCUT2D eigenvalue weighted by Crippen LogP contribution is -2.58. The second-order valence-corrected chi connectivity index (χ2v) is 10.2. The number of nitro groups is 1. The molecule has 0 radical (unpaired) electrons. The third kappa shape index (κ3) is 4.03. The number of ether oxygens (including phenoxy) is 1. The molecule has 0 bridgehead atoms. The van der Waals surface area contributed by atoms with Crippen LogP contribution in [0.25, 0.3) is 11.3 Å². The van der Waals surface area contributed by atoms with E-state index in [1.54, 1.807) is 33.5 Å². The van der Waals surface area contributed by atoms with Crippen LogP contribution in [-0.2, 0) is 27.5 Å². The molecule has 11 heteroatoms. The van der Waals surface area contributed by atoms with Gasteiger partial charge in [0.05, 0.1) is 34.2 Å². The van der Waals surface area contributed by atoms with Crippen molar-refractivity contribution in [1.29, 1.82) is 0 Å². The Balaban J connectivity index is 1.32. The zero-order valence-electron chi connectivity index (χ0n) is 18.2. The first-order chi connectivity index (χ1) is 16.3. The smallest absolute Gasteiger partial charge is 0.330 e. The molecular formula is C23H21N5O5S. The van der Waals surface area contributed by atoms with Crippen LogP contribution in [0.4, 0.5) is 5.69 Å². The van der Waals surface area contributed by atoms with Crippen LogP contribution in [0.5, 0.6) is 0 Å². The molecule has 3 heterocycles. The molecule has 2 aliphatic rings. The van der Waals surface area contributed by atoms with Crippen molar-refractivity contribution in [2.24, 2.45) is 0 Å². The summed E-state index contributed by atoms with van der Waals surface area (Å²) < 4.78 is 6.59. The third-order valence-corrected chi connectivity index (χ3v) is 7.60. The Hall–Kier alpha value is -3.73. The molecule has 0 unspecified atom stereocenters. The molecule has 2 aromatic carbocycles. The van der Waals surface area contributed by atoms with Crippen molar-refractivity contribution >= 4 is 29.3 Å². The highest BCUT2D eigenvalue weighted by molar-refractivity contribution is 8.01. The van der Waals surface area contributed by atoms with Crippen LogP contribution >= 0.6 is 11.8 Å². The standard InChI is InChI=1S/C23H21N5O5S/c1-23(14-26-12-18(24-25-26)16-5-3-2-4-6-16)21(27-19(29)11-20(27)34-23)22(30)33-13-15-7-9-17(10-8-15)28(31)32/h2-10,12,20-21H,11,13-14H2,1H3/t20-,21+,23+/m1/s1. The van der Waals surface area contributed by atoms with E-state index >= 15 is 0 Å². The van der Waals surface area contributed by atoms with E-state index in [2.05, 4.69) is 10.3 Å². The number of nitrogens with zero attached hydrogens (tertiary/aromatic N) is 5. The van der Waals surface area contributed by atoms with Gasteiger partial charge in [-0.05, 0) is 24.6 Å². The molecule has 1 aromatic heterocycles. The van der Waals surface area contributed by atoms with Gasteiger partial charge in [-0.3, -0.25) is 19.6 Å². The van der Waals surface area contributed by atoms with E-state index in [1.807, 2.05) is 43.5 Å². The molecule has 2 saturated heterocycles. The Labute approximate surface area is 199 Å². The second-order valence-electron chi connectivity index (χ2n) is 8.49. The van der Waals surface area contributed by atoms with Crippen molar-refractivity contribution in [2.75, 3.05) is 0 Å². The predicted octanol–water partition coefficient (Wildman–Crippen LogP) is 3.03.